The first kappa shape index (κ1) is 8.57. The molecule has 0 spiro atoms. The fourth-order valence-corrected chi connectivity index (χ4v) is 1.14. The molecular formula is C9H16O2. The Morgan fingerprint density at radius 1 is 1.45 bits per heavy atom. The van der Waals surface area contributed by atoms with Crippen molar-refractivity contribution < 1.29 is 9.53 Å². The van der Waals surface area contributed by atoms with Crippen molar-refractivity contribution in [2.75, 3.05) is 0 Å². The van der Waals surface area contributed by atoms with E-state index in [4.69, 9.17) is 4.74 Å². The summed E-state index contributed by atoms with van der Waals surface area (Å²) >= 11 is 0. The van der Waals surface area contributed by atoms with Crippen molar-refractivity contribution in [2.45, 2.75) is 45.6 Å². The van der Waals surface area contributed by atoms with Crippen molar-refractivity contribution in [3.8, 4) is 0 Å². The monoisotopic (exact) mass is 156 g/mol. The minimum absolute atomic E-state index is 0.00688. The van der Waals surface area contributed by atoms with Crippen LogP contribution in [0.4, 0.5) is 0 Å². The predicted octanol–water partition coefficient (Wildman–Crippen LogP) is 2.13. The zero-order valence-electron chi connectivity index (χ0n) is 7.52. The molecule has 1 saturated carbocycles. The molecule has 1 rings (SSSR count). The maximum Gasteiger partial charge on any atom is 0.308 e. The molecule has 0 radical (unpaired) electrons. The van der Waals surface area contributed by atoms with E-state index in [1.165, 1.54) is 6.42 Å². The molecule has 64 valence electrons. The number of ether oxygens (including phenoxy) is 1. The fraction of sp³-hybridized carbons (Fsp3) is 0.889. The van der Waals surface area contributed by atoms with Crippen molar-refractivity contribution in [1.29, 1.82) is 0 Å². The highest BCUT2D eigenvalue weighted by Gasteiger charge is 2.36. The molecule has 11 heavy (non-hydrogen) atoms. The number of esters is 1. The van der Waals surface area contributed by atoms with Crippen LogP contribution in [-0.4, -0.2) is 11.6 Å². The molecule has 1 fully saturated rings. The summed E-state index contributed by atoms with van der Waals surface area (Å²) in [6, 6.07) is 0. The first-order chi connectivity index (χ1) is 5.03. The predicted molar refractivity (Wildman–Crippen MR) is 43.2 cm³/mol. The molecule has 0 aromatic carbocycles. The Bertz CT molecular complexity index is 157. The van der Waals surface area contributed by atoms with E-state index in [9.17, 15) is 4.79 Å². The Kier molecular flexibility index (Phi) is 2.21. The average Bonchev–Trinajstić information content (AvgIpc) is 1.84. The van der Waals surface area contributed by atoms with Crippen molar-refractivity contribution in [3.63, 3.8) is 0 Å². The summed E-state index contributed by atoms with van der Waals surface area (Å²) in [6.07, 6.45) is 3.26. The summed E-state index contributed by atoms with van der Waals surface area (Å²) in [7, 11) is 0. The second-order valence-electron chi connectivity index (χ2n) is 3.88. The van der Waals surface area contributed by atoms with Crippen LogP contribution in [0.3, 0.4) is 0 Å². The van der Waals surface area contributed by atoms with Crippen LogP contribution in [0.2, 0.25) is 0 Å². The Morgan fingerprint density at radius 2 is 2.00 bits per heavy atom. The van der Waals surface area contributed by atoms with E-state index in [2.05, 4.69) is 0 Å². The normalized spacial score (nSPS) is 21.1. The molecule has 0 bridgehead atoms. The van der Waals surface area contributed by atoms with E-state index in [0.29, 0.717) is 0 Å². The molecule has 0 amide bonds. The standard InChI is InChI=1S/C9H16O2/c1-7(2)8(10)11-9(3)5-4-6-9/h7H,4-6H2,1-3H3. The van der Waals surface area contributed by atoms with Crippen molar-refractivity contribution in [2.24, 2.45) is 5.92 Å². The Hall–Kier alpha value is -0.530. The van der Waals surface area contributed by atoms with Gasteiger partial charge in [-0.3, -0.25) is 4.79 Å². The first-order valence-electron chi connectivity index (χ1n) is 4.26. The Balaban J connectivity index is 2.35. The lowest BCUT2D eigenvalue weighted by atomic mass is 9.82. The van der Waals surface area contributed by atoms with E-state index in [1.54, 1.807) is 0 Å². The van der Waals surface area contributed by atoms with Crippen LogP contribution in [0, 0.1) is 5.92 Å². The summed E-state index contributed by atoms with van der Waals surface area (Å²) in [5.41, 5.74) is -0.124. The molecule has 0 aromatic rings. The second kappa shape index (κ2) is 2.84. The van der Waals surface area contributed by atoms with E-state index in [-0.39, 0.29) is 17.5 Å². The van der Waals surface area contributed by atoms with Crippen LogP contribution in [0.1, 0.15) is 40.0 Å². The number of carbonyl (C=O) groups is 1. The van der Waals surface area contributed by atoms with Gasteiger partial charge in [0.15, 0.2) is 0 Å². The highest BCUT2D eigenvalue weighted by Crippen LogP contribution is 2.35. The smallest absolute Gasteiger partial charge is 0.308 e. The van der Waals surface area contributed by atoms with Crippen molar-refractivity contribution in [3.05, 3.63) is 0 Å². The summed E-state index contributed by atoms with van der Waals surface area (Å²) in [4.78, 5) is 11.1. The SMILES string of the molecule is CC(C)C(=O)OC1(C)CCC1. The average molecular weight is 156 g/mol. The van der Waals surface area contributed by atoms with Crippen LogP contribution in [0.15, 0.2) is 0 Å². The van der Waals surface area contributed by atoms with Crippen LogP contribution in [0.25, 0.3) is 0 Å². The van der Waals surface area contributed by atoms with Crippen molar-refractivity contribution in [1.82, 2.24) is 0 Å². The molecule has 2 heteroatoms. The topological polar surface area (TPSA) is 26.3 Å². The molecule has 2 nitrogen and oxygen atoms in total. The third-order valence-corrected chi connectivity index (χ3v) is 2.23. The highest BCUT2D eigenvalue weighted by atomic mass is 16.6. The largest absolute Gasteiger partial charge is 0.459 e. The van der Waals surface area contributed by atoms with E-state index >= 15 is 0 Å². The molecule has 0 heterocycles. The van der Waals surface area contributed by atoms with Gasteiger partial charge in [0.1, 0.15) is 5.60 Å². The van der Waals surface area contributed by atoms with Gasteiger partial charge in [-0.15, -0.1) is 0 Å². The Morgan fingerprint density at radius 3 is 2.27 bits per heavy atom. The lowest BCUT2D eigenvalue weighted by Crippen LogP contribution is -2.39. The minimum Gasteiger partial charge on any atom is -0.459 e. The maximum absolute atomic E-state index is 11.1. The molecule has 0 saturated heterocycles. The van der Waals surface area contributed by atoms with Gasteiger partial charge in [0.25, 0.3) is 0 Å². The number of hydrogen-bond donors (Lipinski definition) is 0. The highest BCUT2D eigenvalue weighted by molar-refractivity contribution is 5.72. The van der Waals surface area contributed by atoms with Crippen molar-refractivity contribution >= 4 is 5.97 Å². The molecule has 1 aliphatic carbocycles. The number of rotatable bonds is 2. The fourth-order valence-electron chi connectivity index (χ4n) is 1.14. The molecule has 0 aromatic heterocycles. The van der Waals surface area contributed by atoms with E-state index in [0.717, 1.165) is 12.8 Å². The second-order valence-corrected chi connectivity index (χ2v) is 3.88. The van der Waals surface area contributed by atoms with Crippen LogP contribution in [0.5, 0.6) is 0 Å². The quantitative estimate of drug-likeness (QED) is 0.572. The molecule has 0 N–H and O–H groups in total. The third-order valence-electron chi connectivity index (χ3n) is 2.23. The van der Waals surface area contributed by atoms with Crippen LogP contribution >= 0.6 is 0 Å². The maximum atomic E-state index is 11.1. The zero-order valence-corrected chi connectivity index (χ0v) is 7.52. The van der Waals surface area contributed by atoms with E-state index < -0.39 is 0 Å². The molecule has 0 atom stereocenters. The number of carbonyl (C=O) groups excluding carboxylic acids is 1. The van der Waals surface area contributed by atoms with Gasteiger partial charge < -0.3 is 4.74 Å². The van der Waals surface area contributed by atoms with Gasteiger partial charge in [0, 0.05) is 0 Å². The Labute approximate surface area is 67.9 Å². The van der Waals surface area contributed by atoms with Crippen LogP contribution < -0.4 is 0 Å². The van der Waals surface area contributed by atoms with Gasteiger partial charge in [-0.25, -0.2) is 0 Å². The zero-order chi connectivity index (χ0) is 8.48. The molecule has 0 unspecified atom stereocenters. The summed E-state index contributed by atoms with van der Waals surface area (Å²) < 4.78 is 5.30. The van der Waals surface area contributed by atoms with E-state index in [1.807, 2.05) is 20.8 Å². The first-order valence-corrected chi connectivity index (χ1v) is 4.26. The lowest BCUT2D eigenvalue weighted by molar-refractivity contribution is -0.170. The summed E-state index contributed by atoms with van der Waals surface area (Å²) in [5, 5.41) is 0. The lowest BCUT2D eigenvalue weighted by Gasteiger charge is -2.38. The summed E-state index contributed by atoms with van der Waals surface area (Å²) in [6.45, 7) is 5.74. The van der Waals surface area contributed by atoms with Gasteiger partial charge in [0.05, 0.1) is 5.92 Å². The van der Waals surface area contributed by atoms with Gasteiger partial charge >= 0.3 is 5.97 Å². The molecule has 0 aliphatic heterocycles. The van der Waals surface area contributed by atoms with Gasteiger partial charge in [0.2, 0.25) is 0 Å². The summed E-state index contributed by atoms with van der Waals surface area (Å²) in [5.74, 6) is -0.0559. The van der Waals surface area contributed by atoms with Gasteiger partial charge in [-0.05, 0) is 26.2 Å². The number of hydrogen-bond acceptors (Lipinski definition) is 2. The van der Waals surface area contributed by atoms with Gasteiger partial charge in [-0.2, -0.15) is 0 Å². The van der Waals surface area contributed by atoms with Crippen LogP contribution in [-0.2, 0) is 9.53 Å². The minimum atomic E-state index is -0.124. The molecular weight excluding hydrogens is 140 g/mol. The van der Waals surface area contributed by atoms with Gasteiger partial charge in [-0.1, -0.05) is 13.8 Å². The third kappa shape index (κ3) is 1.95. The molecule has 1 aliphatic rings.